The third-order valence-electron chi connectivity index (χ3n) is 4.21. The number of anilines is 1. The molecule has 4 nitrogen and oxygen atoms in total. The van der Waals surface area contributed by atoms with E-state index in [-0.39, 0.29) is 5.56 Å². The predicted octanol–water partition coefficient (Wildman–Crippen LogP) is 3.11. The van der Waals surface area contributed by atoms with Crippen LogP contribution in [0.1, 0.15) is 12.5 Å². The number of halogens is 1. The molecule has 0 aliphatic carbocycles. The van der Waals surface area contributed by atoms with E-state index < -0.39 is 0 Å². The SMILES string of the molecule is CCn1c(=O)/c(=C2\Sc3ccc(Cl)cc3N2C)s/c1=C\c1ccncc1. The van der Waals surface area contributed by atoms with Gasteiger partial charge in [0.25, 0.3) is 5.56 Å². The molecule has 0 radical (unpaired) electrons. The van der Waals surface area contributed by atoms with Gasteiger partial charge in [0, 0.05) is 35.9 Å². The van der Waals surface area contributed by atoms with Crippen molar-refractivity contribution in [1.82, 2.24) is 9.55 Å². The Hall–Kier alpha value is -2.02. The highest BCUT2D eigenvalue weighted by molar-refractivity contribution is 8.08. The Labute approximate surface area is 164 Å². The molecule has 0 saturated heterocycles. The molecule has 3 aromatic rings. The summed E-state index contributed by atoms with van der Waals surface area (Å²) in [5.74, 6) is 0. The zero-order chi connectivity index (χ0) is 18.3. The molecule has 4 rings (SSSR count). The second-order valence-corrected chi connectivity index (χ2v) is 8.32. The van der Waals surface area contributed by atoms with Crippen LogP contribution in [0.25, 0.3) is 11.1 Å². The van der Waals surface area contributed by atoms with Crippen LogP contribution in [-0.4, -0.2) is 16.6 Å². The van der Waals surface area contributed by atoms with Gasteiger partial charge >= 0.3 is 0 Å². The van der Waals surface area contributed by atoms with Gasteiger partial charge in [0.2, 0.25) is 0 Å². The Morgan fingerprint density at radius 1 is 1.23 bits per heavy atom. The number of thioether (sulfide) groups is 1. The quantitative estimate of drug-likeness (QED) is 0.661. The minimum atomic E-state index is 0.0473. The van der Waals surface area contributed by atoms with Gasteiger partial charge in [0.15, 0.2) is 0 Å². The van der Waals surface area contributed by atoms with Crippen molar-refractivity contribution >= 4 is 51.5 Å². The van der Waals surface area contributed by atoms with Crippen molar-refractivity contribution in [3.63, 3.8) is 0 Å². The number of aromatic nitrogens is 2. The third kappa shape index (κ3) is 2.98. The molecule has 1 aliphatic rings. The second kappa shape index (κ2) is 6.95. The molecule has 0 atom stereocenters. The topological polar surface area (TPSA) is 38.1 Å². The van der Waals surface area contributed by atoms with E-state index in [1.54, 1.807) is 24.2 Å². The van der Waals surface area contributed by atoms with Crippen LogP contribution in [0.5, 0.6) is 0 Å². The van der Waals surface area contributed by atoms with Gasteiger partial charge in [0.1, 0.15) is 9.56 Å². The number of benzene rings is 1. The maximum Gasteiger partial charge on any atom is 0.271 e. The first-order valence-corrected chi connectivity index (χ1v) is 10.2. The maximum absolute atomic E-state index is 13.0. The second-order valence-electron chi connectivity index (χ2n) is 5.82. The van der Waals surface area contributed by atoms with E-state index in [4.69, 9.17) is 11.6 Å². The molecule has 7 heteroatoms. The minimum absolute atomic E-state index is 0.0473. The Kier molecular flexibility index (Phi) is 4.65. The van der Waals surface area contributed by atoms with E-state index >= 15 is 0 Å². The molecular weight excluding hydrogens is 386 g/mol. The van der Waals surface area contributed by atoms with Crippen LogP contribution in [0.2, 0.25) is 5.02 Å². The predicted molar refractivity (Wildman–Crippen MR) is 110 cm³/mol. The first-order chi connectivity index (χ1) is 12.6. The molecule has 0 spiro atoms. The number of thiazole rings is 1. The van der Waals surface area contributed by atoms with Crippen LogP contribution in [0.3, 0.4) is 0 Å². The highest BCUT2D eigenvalue weighted by atomic mass is 35.5. The number of rotatable bonds is 2. The molecule has 0 saturated carbocycles. The van der Waals surface area contributed by atoms with Crippen molar-refractivity contribution in [3.05, 3.63) is 72.9 Å². The zero-order valence-corrected chi connectivity index (χ0v) is 16.7. The van der Waals surface area contributed by atoms with E-state index in [0.29, 0.717) is 11.6 Å². The fourth-order valence-corrected chi connectivity index (χ4v) is 5.51. The van der Waals surface area contributed by atoms with E-state index in [9.17, 15) is 4.79 Å². The average molecular weight is 402 g/mol. The van der Waals surface area contributed by atoms with Crippen LogP contribution in [0.15, 0.2) is 52.4 Å². The standard InChI is InChI=1S/C19H16ClN3OS2/c1-3-23-16(10-12-6-8-21-9-7-12)26-17(18(23)24)19-22(2)14-11-13(20)4-5-15(14)25-19/h4-11H,3H2,1-2H3/b16-10-,19-17+. The number of hydrogen-bond acceptors (Lipinski definition) is 5. The highest BCUT2D eigenvalue weighted by Gasteiger charge is 2.24. The summed E-state index contributed by atoms with van der Waals surface area (Å²) >= 11 is 9.28. The lowest BCUT2D eigenvalue weighted by Crippen LogP contribution is -2.33. The van der Waals surface area contributed by atoms with E-state index in [0.717, 1.165) is 30.4 Å². The van der Waals surface area contributed by atoms with Gasteiger partial charge in [-0.3, -0.25) is 14.3 Å². The van der Waals surface area contributed by atoms with Gasteiger partial charge in [-0.2, -0.15) is 0 Å². The lowest BCUT2D eigenvalue weighted by molar-refractivity contribution is 0.722. The Bertz CT molecular complexity index is 1150. The highest BCUT2D eigenvalue weighted by Crippen LogP contribution is 2.46. The fourth-order valence-electron chi connectivity index (χ4n) is 2.89. The van der Waals surface area contributed by atoms with E-state index in [1.807, 2.05) is 54.9 Å². The lowest BCUT2D eigenvalue weighted by atomic mass is 10.3. The monoisotopic (exact) mass is 401 g/mol. The molecule has 0 fully saturated rings. The number of fused-ring (bicyclic) bond motifs is 1. The summed E-state index contributed by atoms with van der Waals surface area (Å²) < 4.78 is 3.51. The van der Waals surface area contributed by atoms with Gasteiger partial charge in [-0.15, -0.1) is 11.3 Å². The van der Waals surface area contributed by atoms with Crippen LogP contribution in [-0.2, 0) is 6.54 Å². The average Bonchev–Trinajstić information content (AvgIpc) is 3.12. The van der Waals surface area contributed by atoms with Crippen molar-refractivity contribution in [2.75, 3.05) is 11.9 Å². The van der Waals surface area contributed by atoms with Gasteiger partial charge in [-0.1, -0.05) is 23.4 Å². The van der Waals surface area contributed by atoms with E-state index in [2.05, 4.69) is 9.88 Å². The van der Waals surface area contributed by atoms with Crippen LogP contribution in [0, 0.1) is 0 Å². The summed E-state index contributed by atoms with van der Waals surface area (Å²) in [6, 6.07) is 9.69. The summed E-state index contributed by atoms with van der Waals surface area (Å²) in [6.07, 6.45) is 5.54. The zero-order valence-electron chi connectivity index (χ0n) is 14.3. The van der Waals surface area contributed by atoms with Crippen molar-refractivity contribution in [3.8, 4) is 0 Å². The Morgan fingerprint density at radius 2 is 2.00 bits per heavy atom. The molecule has 1 aromatic carbocycles. The smallest absolute Gasteiger partial charge is 0.271 e. The molecule has 26 heavy (non-hydrogen) atoms. The summed E-state index contributed by atoms with van der Waals surface area (Å²) in [5, 5.41) is 1.65. The Morgan fingerprint density at radius 3 is 2.73 bits per heavy atom. The fraction of sp³-hybridized carbons (Fsp3) is 0.158. The minimum Gasteiger partial charge on any atom is -0.337 e. The first-order valence-electron chi connectivity index (χ1n) is 8.15. The molecule has 2 aromatic heterocycles. The molecular formula is C19H16ClN3OS2. The summed E-state index contributed by atoms with van der Waals surface area (Å²) in [6.45, 7) is 2.62. The summed E-state index contributed by atoms with van der Waals surface area (Å²) in [4.78, 5) is 20.2. The van der Waals surface area contributed by atoms with Gasteiger partial charge < -0.3 is 4.90 Å². The van der Waals surface area contributed by atoms with Gasteiger partial charge in [-0.05, 0) is 48.9 Å². The van der Waals surface area contributed by atoms with Crippen molar-refractivity contribution < 1.29 is 0 Å². The summed E-state index contributed by atoms with van der Waals surface area (Å²) in [7, 11) is 1.98. The number of pyridine rings is 1. The van der Waals surface area contributed by atoms with Gasteiger partial charge in [0.05, 0.1) is 10.4 Å². The lowest BCUT2D eigenvalue weighted by Gasteiger charge is -2.12. The van der Waals surface area contributed by atoms with E-state index in [1.165, 1.54) is 11.3 Å². The number of hydrogen-bond donors (Lipinski definition) is 0. The van der Waals surface area contributed by atoms with Gasteiger partial charge in [-0.25, -0.2) is 0 Å². The third-order valence-corrected chi connectivity index (χ3v) is 6.93. The van der Waals surface area contributed by atoms with Crippen LogP contribution < -0.4 is 19.7 Å². The van der Waals surface area contributed by atoms with Crippen molar-refractivity contribution in [1.29, 1.82) is 0 Å². The first kappa shape index (κ1) is 17.4. The molecule has 1 aliphatic heterocycles. The maximum atomic E-state index is 13.0. The molecule has 0 unspecified atom stereocenters. The number of nitrogens with zero attached hydrogens (tertiary/aromatic N) is 3. The molecule has 3 heterocycles. The van der Waals surface area contributed by atoms with Crippen LogP contribution in [0.4, 0.5) is 5.69 Å². The largest absolute Gasteiger partial charge is 0.337 e. The molecule has 0 bridgehead atoms. The molecule has 132 valence electrons. The van der Waals surface area contributed by atoms with Crippen LogP contribution >= 0.6 is 34.7 Å². The Balaban J connectivity index is 1.93. The molecule has 0 N–H and O–H groups in total. The summed E-state index contributed by atoms with van der Waals surface area (Å²) in [5.41, 5.74) is 2.11. The van der Waals surface area contributed by atoms with Crippen molar-refractivity contribution in [2.24, 2.45) is 0 Å². The van der Waals surface area contributed by atoms with Crippen molar-refractivity contribution in [2.45, 2.75) is 18.4 Å². The normalized spacial score (nSPS) is 16.3. The molecule has 0 amide bonds.